The second-order valence-corrected chi connectivity index (χ2v) is 5.15. The predicted octanol–water partition coefficient (Wildman–Crippen LogP) is 2.89. The number of esters is 1. The van der Waals surface area contributed by atoms with Gasteiger partial charge in [-0.3, -0.25) is 4.79 Å². The number of ether oxygens (including phenoxy) is 2. The average Bonchev–Trinajstić information content (AvgIpc) is 2.88. The predicted molar refractivity (Wildman–Crippen MR) is 83.8 cm³/mol. The second-order valence-electron chi connectivity index (χ2n) is 4.38. The van der Waals surface area contributed by atoms with Gasteiger partial charge < -0.3 is 14.8 Å². The summed E-state index contributed by atoms with van der Waals surface area (Å²) in [6.07, 6.45) is 0. The van der Waals surface area contributed by atoms with Crippen LogP contribution in [0.5, 0.6) is 5.75 Å². The highest BCUT2D eigenvalue weighted by Gasteiger charge is 2.21. The van der Waals surface area contributed by atoms with Gasteiger partial charge in [0.15, 0.2) is 0 Å². The molecular weight excluding hydrogens is 304 g/mol. The molecule has 0 radical (unpaired) electrons. The molecule has 2 aromatic rings. The van der Waals surface area contributed by atoms with Crippen LogP contribution in [0.15, 0.2) is 24.3 Å². The minimum absolute atomic E-state index is 0.264. The smallest absolute Gasteiger partial charge is 0.343 e. The van der Waals surface area contributed by atoms with Crippen LogP contribution in [0.1, 0.15) is 33.3 Å². The molecule has 1 aromatic carbocycles. The third-order valence-corrected chi connectivity index (χ3v) is 3.78. The minimum Gasteiger partial charge on any atom is -0.497 e. The van der Waals surface area contributed by atoms with Crippen LogP contribution in [0.4, 0.5) is 5.00 Å². The molecule has 1 amide bonds. The Morgan fingerprint density at radius 2 is 1.95 bits per heavy atom. The Labute approximate surface area is 132 Å². The van der Waals surface area contributed by atoms with Gasteiger partial charge in [-0.05, 0) is 49.6 Å². The maximum absolute atomic E-state index is 12.2. The Kier molecular flexibility index (Phi) is 5.11. The minimum atomic E-state index is -0.487. The monoisotopic (exact) mass is 320 g/mol. The fourth-order valence-electron chi connectivity index (χ4n) is 1.82. The lowest BCUT2D eigenvalue weighted by molar-refractivity contribution is 0.0527. The summed E-state index contributed by atoms with van der Waals surface area (Å²) < 4.78 is 14.1. The van der Waals surface area contributed by atoms with E-state index in [0.29, 0.717) is 27.6 Å². The lowest BCUT2D eigenvalue weighted by Gasteiger charge is -2.06. The first-order valence-electron chi connectivity index (χ1n) is 6.65. The van der Waals surface area contributed by atoms with Crippen LogP contribution in [-0.4, -0.2) is 30.0 Å². The SMILES string of the molecule is CCOC(=O)c1c(C)nsc1NC(=O)c1ccc(OC)cc1. The molecule has 0 unspecified atom stereocenters. The van der Waals surface area contributed by atoms with E-state index in [4.69, 9.17) is 9.47 Å². The Bertz CT molecular complexity index is 679. The van der Waals surface area contributed by atoms with Gasteiger partial charge in [0.2, 0.25) is 0 Å². The first kappa shape index (κ1) is 16.0. The fraction of sp³-hybridized carbons (Fsp3) is 0.267. The van der Waals surface area contributed by atoms with Gasteiger partial charge in [0.1, 0.15) is 16.3 Å². The van der Waals surface area contributed by atoms with Crippen LogP contribution in [-0.2, 0) is 4.74 Å². The molecule has 22 heavy (non-hydrogen) atoms. The third kappa shape index (κ3) is 3.43. The lowest BCUT2D eigenvalue weighted by atomic mass is 10.2. The zero-order valence-corrected chi connectivity index (χ0v) is 13.3. The van der Waals surface area contributed by atoms with Gasteiger partial charge in [-0.2, -0.15) is 4.37 Å². The number of carbonyl (C=O) groups excluding carboxylic acids is 2. The molecule has 0 saturated carbocycles. The number of nitrogens with zero attached hydrogens (tertiary/aromatic N) is 1. The van der Waals surface area contributed by atoms with Crippen LogP contribution in [0.25, 0.3) is 0 Å². The summed E-state index contributed by atoms with van der Waals surface area (Å²) in [4.78, 5) is 24.2. The molecule has 0 fully saturated rings. The molecule has 0 spiro atoms. The number of anilines is 1. The van der Waals surface area contributed by atoms with Gasteiger partial charge in [0.05, 0.1) is 19.4 Å². The van der Waals surface area contributed by atoms with Crippen LogP contribution in [0, 0.1) is 6.92 Å². The number of aromatic nitrogens is 1. The number of hydrogen-bond donors (Lipinski definition) is 1. The van der Waals surface area contributed by atoms with Gasteiger partial charge in [0.25, 0.3) is 5.91 Å². The van der Waals surface area contributed by atoms with E-state index in [2.05, 4.69) is 9.69 Å². The zero-order valence-electron chi connectivity index (χ0n) is 12.5. The standard InChI is InChI=1S/C15H16N2O4S/c1-4-21-15(19)12-9(2)17-22-14(12)16-13(18)10-5-7-11(20-3)8-6-10/h5-8H,4H2,1-3H3,(H,16,18). The number of amides is 1. The zero-order chi connectivity index (χ0) is 16.1. The third-order valence-electron chi connectivity index (χ3n) is 2.92. The van der Waals surface area contributed by atoms with Crippen LogP contribution >= 0.6 is 11.5 Å². The Morgan fingerprint density at radius 1 is 1.27 bits per heavy atom. The van der Waals surface area contributed by atoms with Crippen molar-refractivity contribution in [2.75, 3.05) is 19.0 Å². The summed E-state index contributed by atoms with van der Waals surface area (Å²) in [7, 11) is 1.56. The average molecular weight is 320 g/mol. The number of methoxy groups -OCH3 is 1. The molecule has 1 N–H and O–H groups in total. The molecule has 6 nitrogen and oxygen atoms in total. The first-order chi connectivity index (χ1) is 10.6. The Balaban J connectivity index is 2.19. The van der Waals surface area contributed by atoms with Gasteiger partial charge in [-0.1, -0.05) is 0 Å². The highest BCUT2D eigenvalue weighted by Crippen LogP contribution is 2.26. The van der Waals surface area contributed by atoms with E-state index in [-0.39, 0.29) is 12.5 Å². The van der Waals surface area contributed by atoms with E-state index in [1.54, 1.807) is 45.2 Å². The van der Waals surface area contributed by atoms with Crippen molar-refractivity contribution < 1.29 is 19.1 Å². The second kappa shape index (κ2) is 7.04. The Morgan fingerprint density at radius 3 is 2.55 bits per heavy atom. The van der Waals surface area contributed by atoms with Crippen molar-refractivity contribution >= 4 is 28.4 Å². The molecule has 0 aliphatic heterocycles. The normalized spacial score (nSPS) is 10.1. The molecule has 0 bridgehead atoms. The van der Waals surface area contributed by atoms with E-state index in [0.717, 1.165) is 11.5 Å². The molecule has 1 aromatic heterocycles. The molecule has 7 heteroatoms. The quantitative estimate of drug-likeness (QED) is 0.857. The van der Waals surface area contributed by atoms with Crippen LogP contribution in [0.2, 0.25) is 0 Å². The van der Waals surface area contributed by atoms with E-state index >= 15 is 0 Å². The summed E-state index contributed by atoms with van der Waals surface area (Å²) in [6, 6.07) is 6.68. The molecule has 116 valence electrons. The van der Waals surface area contributed by atoms with E-state index in [9.17, 15) is 9.59 Å². The number of aryl methyl sites for hydroxylation is 1. The van der Waals surface area contributed by atoms with Crippen LogP contribution < -0.4 is 10.1 Å². The van der Waals surface area contributed by atoms with Crippen molar-refractivity contribution in [3.05, 3.63) is 41.1 Å². The lowest BCUT2D eigenvalue weighted by Crippen LogP contribution is -2.14. The molecule has 0 atom stereocenters. The molecule has 0 aliphatic carbocycles. The van der Waals surface area contributed by atoms with Gasteiger partial charge in [0, 0.05) is 5.56 Å². The van der Waals surface area contributed by atoms with Crippen LogP contribution in [0.3, 0.4) is 0 Å². The molecule has 2 rings (SSSR count). The number of carbonyl (C=O) groups is 2. The topological polar surface area (TPSA) is 77.5 Å². The molecule has 0 aliphatic rings. The first-order valence-corrected chi connectivity index (χ1v) is 7.43. The van der Waals surface area contributed by atoms with Gasteiger partial charge >= 0.3 is 5.97 Å². The maximum Gasteiger partial charge on any atom is 0.343 e. The summed E-state index contributed by atoms with van der Waals surface area (Å²) in [5, 5.41) is 3.09. The Hall–Kier alpha value is -2.41. The summed E-state index contributed by atoms with van der Waals surface area (Å²) in [5.41, 5.74) is 1.30. The number of hydrogen-bond acceptors (Lipinski definition) is 6. The fourth-order valence-corrected chi connectivity index (χ4v) is 2.60. The van der Waals surface area contributed by atoms with Gasteiger partial charge in [-0.25, -0.2) is 4.79 Å². The maximum atomic E-state index is 12.2. The highest BCUT2D eigenvalue weighted by molar-refractivity contribution is 7.11. The highest BCUT2D eigenvalue weighted by atomic mass is 32.1. The van der Waals surface area contributed by atoms with Crippen molar-refractivity contribution in [2.45, 2.75) is 13.8 Å². The summed E-state index contributed by atoms with van der Waals surface area (Å²) in [6.45, 7) is 3.69. The van der Waals surface area contributed by atoms with Crippen molar-refractivity contribution in [3.8, 4) is 5.75 Å². The number of rotatable bonds is 5. The number of nitrogens with one attached hydrogen (secondary N) is 1. The van der Waals surface area contributed by atoms with Crippen molar-refractivity contribution in [3.63, 3.8) is 0 Å². The number of benzene rings is 1. The molecule has 1 heterocycles. The van der Waals surface area contributed by atoms with E-state index in [1.165, 1.54) is 0 Å². The molecular formula is C15H16N2O4S. The summed E-state index contributed by atoms with van der Waals surface area (Å²) in [5.74, 6) is -0.145. The summed E-state index contributed by atoms with van der Waals surface area (Å²) >= 11 is 1.05. The van der Waals surface area contributed by atoms with E-state index < -0.39 is 5.97 Å². The molecule has 0 saturated heterocycles. The van der Waals surface area contributed by atoms with Crippen molar-refractivity contribution in [1.82, 2.24) is 4.37 Å². The van der Waals surface area contributed by atoms with E-state index in [1.807, 2.05) is 0 Å². The largest absolute Gasteiger partial charge is 0.497 e. The van der Waals surface area contributed by atoms with Crippen molar-refractivity contribution in [2.24, 2.45) is 0 Å². The van der Waals surface area contributed by atoms with Gasteiger partial charge in [-0.15, -0.1) is 0 Å². The van der Waals surface area contributed by atoms with Crippen molar-refractivity contribution in [1.29, 1.82) is 0 Å².